The molecule has 1 spiro atoms. The van der Waals surface area contributed by atoms with Crippen LogP contribution in [0.4, 0.5) is 0 Å². The van der Waals surface area contributed by atoms with Gasteiger partial charge in [0.25, 0.3) is 0 Å². The fraction of sp³-hybridized carbons (Fsp3) is 0.923. The molecule has 0 aromatic carbocycles. The molecule has 2 rings (SSSR count). The van der Waals surface area contributed by atoms with Crippen molar-refractivity contribution in [2.24, 2.45) is 0 Å². The number of piperidine rings is 1. The van der Waals surface area contributed by atoms with Crippen molar-refractivity contribution in [1.29, 1.82) is 0 Å². The Balaban J connectivity index is 1.89. The molecule has 2 heterocycles. The molecule has 0 bridgehead atoms. The summed E-state index contributed by atoms with van der Waals surface area (Å²) in [5.74, 6) is -0.668. The van der Waals surface area contributed by atoms with E-state index < -0.39 is 15.8 Å². The Bertz CT molecular complexity index is 463. The van der Waals surface area contributed by atoms with Crippen LogP contribution in [0.2, 0.25) is 0 Å². The third kappa shape index (κ3) is 4.15. The van der Waals surface area contributed by atoms with Crippen LogP contribution in [0.5, 0.6) is 0 Å². The van der Waals surface area contributed by atoms with Crippen molar-refractivity contribution in [2.75, 3.05) is 45.6 Å². The van der Waals surface area contributed by atoms with E-state index in [1.165, 1.54) is 4.31 Å². The van der Waals surface area contributed by atoms with E-state index in [4.69, 9.17) is 9.47 Å². The average molecular weight is 320 g/mol. The Morgan fingerprint density at radius 2 is 1.81 bits per heavy atom. The summed E-state index contributed by atoms with van der Waals surface area (Å²) in [6, 6.07) is 0. The molecule has 0 N–H and O–H groups in total. The van der Waals surface area contributed by atoms with Crippen LogP contribution in [0.25, 0.3) is 0 Å². The van der Waals surface area contributed by atoms with Gasteiger partial charge in [-0.3, -0.25) is 4.79 Å². The monoisotopic (exact) mass is 320 g/mol. The van der Waals surface area contributed by atoms with Crippen LogP contribution in [0.15, 0.2) is 0 Å². The van der Waals surface area contributed by atoms with E-state index >= 15 is 0 Å². The number of carbonyl (C=O) groups excluding carboxylic acids is 1. The van der Waals surface area contributed by atoms with Gasteiger partial charge >= 0.3 is 0 Å². The van der Waals surface area contributed by atoms with Crippen LogP contribution in [0.3, 0.4) is 0 Å². The normalized spacial score (nSPS) is 22.1. The number of amides is 1. The third-order valence-electron chi connectivity index (χ3n) is 3.95. The van der Waals surface area contributed by atoms with E-state index in [1.807, 2.05) is 6.92 Å². The van der Waals surface area contributed by atoms with Crippen molar-refractivity contribution < 1.29 is 22.7 Å². The summed E-state index contributed by atoms with van der Waals surface area (Å²) >= 11 is 0. The van der Waals surface area contributed by atoms with Gasteiger partial charge in [-0.2, -0.15) is 4.31 Å². The zero-order chi connectivity index (χ0) is 15.5. The molecule has 122 valence electrons. The Labute approximate surface area is 126 Å². The van der Waals surface area contributed by atoms with E-state index in [9.17, 15) is 13.2 Å². The smallest absolute Gasteiger partial charge is 0.237 e. The second-order valence-corrected chi connectivity index (χ2v) is 7.57. The lowest BCUT2D eigenvalue weighted by atomic mass is 10.0. The lowest BCUT2D eigenvalue weighted by Crippen LogP contribution is -2.50. The molecule has 8 heteroatoms. The summed E-state index contributed by atoms with van der Waals surface area (Å²) in [6.07, 6.45) is 3.11. The number of sulfonamides is 1. The van der Waals surface area contributed by atoms with Crippen LogP contribution in [0, 0.1) is 0 Å². The van der Waals surface area contributed by atoms with Gasteiger partial charge in [0.1, 0.15) is 0 Å². The second-order valence-electron chi connectivity index (χ2n) is 5.58. The maximum absolute atomic E-state index is 12.3. The van der Waals surface area contributed by atoms with Crippen molar-refractivity contribution in [3.8, 4) is 0 Å². The predicted molar refractivity (Wildman–Crippen MR) is 77.2 cm³/mol. The first-order valence-corrected chi connectivity index (χ1v) is 9.22. The summed E-state index contributed by atoms with van der Waals surface area (Å²) in [7, 11) is -3.35. The number of likely N-dealkylation sites (tertiary alicyclic amines) is 1. The van der Waals surface area contributed by atoms with Gasteiger partial charge in [0.2, 0.25) is 15.9 Å². The van der Waals surface area contributed by atoms with Crippen molar-refractivity contribution in [2.45, 2.75) is 32.0 Å². The summed E-state index contributed by atoms with van der Waals surface area (Å²) < 4.78 is 35.8. The maximum Gasteiger partial charge on any atom is 0.237 e. The fourth-order valence-corrected chi connectivity index (χ4v) is 3.60. The van der Waals surface area contributed by atoms with E-state index in [0.717, 1.165) is 6.26 Å². The minimum absolute atomic E-state index is 0.0820. The highest BCUT2D eigenvalue weighted by Crippen LogP contribution is 2.31. The number of ether oxygens (including phenoxy) is 2. The quantitative estimate of drug-likeness (QED) is 0.714. The summed E-state index contributed by atoms with van der Waals surface area (Å²) in [4.78, 5) is 14.0. The number of rotatable bonds is 5. The van der Waals surface area contributed by atoms with Gasteiger partial charge in [0.15, 0.2) is 5.79 Å². The lowest BCUT2D eigenvalue weighted by molar-refractivity contribution is -0.187. The van der Waals surface area contributed by atoms with E-state index in [2.05, 4.69) is 0 Å². The molecule has 0 aliphatic carbocycles. The summed E-state index contributed by atoms with van der Waals surface area (Å²) in [5, 5.41) is 0. The molecule has 7 nitrogen and oxygen atoms in total. The first kappa shape index (κ1) is 16.7. The maximum atomic E-state index is 12.3. The Kier molecular flexibility index (Phi) is 5.24. The van der Waals surface area contributed by atoms with Crippen molar-refractivity contribution in [3.05, 3.63) is 0 Å². The topological polar surface area (TPSA) is 76.2 Å². The Morgan fingerprint density at radius 3 is 2.29 bits per heavy atom. The number of hydrogen-bond acceptors (Lipinski definition) is 5. The number of nitrogens with zero attached hydrogens (tertiary/aromatic N) is 2. The van der Waals surface area contributed by atoms with Gasteiger partial charge in [-0.15, -0.1) is 0 Å². The molecule has 1 amide bonds. The first-order valence-electron chi connectivity index (χ1n) is 7.37. The molecule has 2 fully saturated rings. The third-order valence-corrected chi connectivity index (χ3v) is 5.19. The Morgan fingerprint density at radius 1 is 1.24 bits per heavy atom. The molecule has 0 saturated carbocycles. The fourth-order valence-electron chi connectivity index (χ4n) is 2.74. The highest BCUT2D eigenvalue weighted by Gasteiger charge is 2.41. The van der Waals surface area contributed by atoms with Gasteiger partial charge < -0.3 is 14.4 Å². The van der Waals surface area contributed by atoms with Gasteiger partial charge in [0.05, 0.1) is 26.0 Å². The van der Waals surface area contributed by atoms with Crippen LogP contribution in [-0.4, -0.2) is 75.0 Å². The highest BCUT2D eigenvalue weighted by atomic mass is 32.2. The van der Waals surface area contributed by atoms with Crippen LogP contribution >= 0.6 is 0 Å². The molecule has 21 heavy (non-hydrogen) atoms. The zero-order valence-corrected chi connectivity index (χ0v) is 13.5. The van der Waals surface area contributed by atoms with Crippen LogP contribution < -0.4 is 0 Å². The molecule has 2 aliphatic heterocycles. The molecule has 0 radical (unpaired) electrons. The zero-order valence-electron chi connectivity index (χ0n) is 12.7. The van der Waals surface area contributed by atoms with Crippen molar-refractivity contribution in [1.82, 2.24) is 9.21 Å². The SMILES string of the molecule is CCCN(CC(=O)N1CCC2(CC1)OCCO2)S(C)(=O)=O. The number of hydrogen-bond donors (Lipinski definition) is 0. The van der Waals surface area contributed by atoms with Crippen LogP contribution in [0.1, 0.15) is 26.2 Å². The average Bonchev–Trinajstić information content (AvgIpc) is 2.86. The molecular weight excluding hydrogens is 296 g/mol. The van der Waals surface area contributed by atoms with Crippen LogP contribution in [-0.2, 0) is 24.3 Å². The second kappa shape index (κ2) is 6.60. The van der Waals surface area contributed by atoms with E-state index in [1.54, 1.807) is 4.90 Å². The summed E-state index contributed by atoms with van der Waals surface area (Å²) in [5.41, 5.74) is 0. The molecule has 0 aromatic rings. The summed E-state index contributed by atoms with van der Waals surface area (Å²) in [6.45, 7) is 4.47. The van der Waals surface area contributed by atoms with Gasteiger partial charge in [-0.05, 0) is 6.42 Å². The molecular formula is C13H24N2O5S. The lowest BCUT2D eigenvalue weighted by Gasteiger charge is -2.38. The molecule has 0 atom stereocenters. The molecule has 2 saturated heterocycles. The van der Waals surface area contributed by atoms with Crippen molar-refractivity contribution in [3.63, 3.8) is 0 Å². The molecule has 2 aliphatic rings. The minimum Gasteiger partial charge on any atom is -0.347 e. The highest BCUT2D eigenvalue weighted by molar-refractivity contribution is 7.88. The number of carbonyl (C=O) groups is 1. The molecule has 0 aromatic heterocycles. The Hall–Kier alpha value is -0.700. The van der Waals surface area contributed by atoms with Crippen molar-refractivity contribution >= 4 is 15.9 Å². The predicted octanol–water partition coefficient (Wildman–Crippen LogP) is 0.0235. The van der Waals surface area contributed by atoms with E-state index in [0.29, 0.717) is 52.1 Å². The largest absolute Gasteiger partial charge is 0.347 e. The molecule has 0 unspecified atom stereocenters. The van der Waals surface area contributed by atoms with E-state index in [-0.39, 0.29) is 12.5 Å². The van der Waals surface area contributed by atoms with Gasteiger partial charge in [0, 0.05) is 32.5 Å². The van der Waals surface area contributed by atoms with Gasteiger partial charge in [-0.1, -0.05) is 6.92 Å². The standard InChI is InChI=1S/C13H24N2O5S/c1-3-6-15(21(2,17)18)11-12(16)14-7-4-13(5-8-14)19-9-10-20-13/h3-11H2,1-2H3. The first-order chi connectivity index (χ1) is 9.86. The van der Waals surface area contributed by atoms with Gasteiger partial charge in [-0.25, -0.2) is 8.42 Å². The minimum atomic E-state index is -3.35.